The number of pyridine rings is 1. The summed E-state index contributed by atoms with van der Waals surface area (Å²) in [5.74, 6) is 0.790. The first-order valence-corrected chi connectivity index (χ1v) is 10.2. The highest BCUT2D eigenvalue weighted by atomic mass is 16.5. The molecule has 0 bridgehead atoms. The number of nitrogens with zero attached hydrogens (tertiary/aromatic N) is 2. The summed E-state index contributed by atoms with van der Waals surface area (Å²) in [6.45, 7) is 5.97. The molecule has 4 aromatic rings. The lowest BCUT2D eigenvalue weighted by molar-refractivity contribution is 0.0970. The lowest BCUT2D eigenvalue weighted by Crippen LogP contribution is -2.30. The Morgan fingerprint density at radius 1 is 1.12 bits per heavy atom. The SMILES string of the molecule is C=CCOc1ccc(C2c3c(oc4ccccc4c3=O)C(=O)N2c2cc(C)ccn2)cc1. The van der Waals surface area contributed by atoms with E-state index in [2.05, 4.69) is 11.6 Å². The van der Waals surface area contributed by atoms with Crippen LogP contribution in [0.1, 0.15) is 33.3 Å². The molecule has 2 aromatic heterocycles. The average Bonchev–Trinajstić information content (AvgIpc) is 3.11. The summed E-state index contributed by atoms with van der Waals surface area (Å²) in [6.07, 6.45) is 3.32. The summed E-state index contributed by atoms with van der Waals surface area (Å²) < 4.78 is 11.5. The molecule has 32 heavy (non-hydrogen) atoms. The van der Waals surface area contributed by atoms with Crippen molar-refractivity contribution >= 4 is 22.7 Å². The molecule has 158 valence electrons. The van der Waals surface area contributed by atoms with Gasteiger partial charge in [-0.05, 0) is 54.4 Å². The predicted octanol–water partition coefficient (Wildman–Crippen LogP) is 4.81. The minimum atomic E-state index is -0.666. The monoisotopic (exact) mass is 424 g/mol. The van der Waals surface area contributed by atoms with E-state index in [0.717, 1.165) is 11.1 Å². The molecule has 0 radical (unpaired) electrons. The maximum absolute atomic E-state index is 13.5. The Hall–Kier alpha value is -4.19. The van der Waals surface area contributed by atoms with Crippen molar-refractivity contribution in [2.75, 3.05) is 11.5 Å². The fourth-order valence-electron chi connectivity index (χ4n) is 4.02. The van der Waals surface area contributed by atoms with Gasteiger partial charge in [0.15, 0.2) is 5.43 Å². The van der Waals surface area contributed by atoms with Crippen molar-refractivity contribution in [3.05, 3.63) is 112 Å². The second-order valence-electron chi connectivity index (χ2n) is 7.61. The van der Waals surface area contributed by atoms with Gasteiger partial charge in [-0.25, -0.2) is 4.98 Å². The number of ether oxygens (including phenoxy) is 1. The Labute approximate surface area is 184 Å². The lowest BCUT2D eigenvalue weighted by Gasteiger charge is -2.24. The maximum Gasteiger partial charge on any atom is 0.296 e. The van der Waals surface area contributed by atoms with Crippen LogP contribution < -0.4 is 15.1 Å². The number of para-hydroxylation sites is 1. The molecule has 1 unspecified atom stereocenters. The molecule has 1 aliphatic rings. The standard InChI is InChI=1S/C26H20N2O4/c1-3-14-31-18-10-8-17(9-11-18)23-22-24(29)19-6-4-5-7-20(19)32-25(22)26(30)28(23)21-15-16(2)12-13-27-21/h3-13,15,23H,1,14H2,2H3. The minimum Gasteiger partial charge on any atom is -0.490 e. The highest BCUT2D eigenvalue weighted by Crippen LogP contribution is 2.41. The van der Waals surface area contributed by atoms with Crippen LogP contribution in [0.5, 0.6) is 5.75 Å². The zero-order valence-electron chi connectivity index (χ0n) is 17.4. The molecule has 6 heteroatoms. The van der Waals surface area contributed by atoms with E-state index in [0.29, 0.717) is 34.7 Å². The maximum atomic E-state index is 13.5. The number of aryl methyl sites for hydroxylation is 1. The van der Waals surface area contributed by atoms with E-state index in [1.54, 1.807) is 36.5 Å². The Balaban J connectivity index is 1.72. The summed E-state index contributed by atoms with van der Waals surface area (Å²) in [7, 11) is 0. The molecular weight excluding hydrogens is 404 g/mol. The van der Waals surface area contributed by atoms with Crippen LogP contribution in [0, 0.1) is 6.92 Å². The first-order valence-electron chi connectivity index (χ1n) is 10.2. The van der Waals surface area contributed by atoms with Crippen LogP contribution in [0.25, 0.3) is 11.0 Å². The highest BCUT2D eigenvalue weighted by Gasteiger charge is 2.44. The number of amides is 1. The van der Waals surface area contributed by atoms with Gasteiger partial charge in [-0.15, -0.1) is 0 Å². The van der Waals surface area contributed by atoms with E-state index in [1.807, 2.05) is 43.3 Å². The third-order valence-electron chi connectivity index (χ3n) is 5.49. The molecule has 0 fully saturated rings. The molecule has 1 aliphatic heterocycles. The van der Waals surface area contributed by atoms with Crippen molar-refractivity contribution in [3.63, 3.8) is 0 Å². The molecule has 6 nitrogen and oxygen atoms in total. The van der Waals surface area contributed by atoms with Gasteiger partial charge in [-0.3, -0.25) is 14.5 Å². The third kappa shape index (κ3) is 3.17. The predicted molar refractivity (Wildman–Crippen MR) is 122 cm³/mol. The van der Waals surface area contributed by atoms with E-state index in [-0.39, 0.29) is 11.2 Å². The summed E-state index contributed by atoms with van der Waals surface area (Å²) in [5.41, 5.74) is 2.19. The number of fused-ring (bicyclic) bond motifs is 2. The van der Waals surface area contributed by atoms with Gasteiger partial charge in [0.2, 0.25) is 5.76 Å². The van der Waals surface area contributed by atoms with E-state index in [4.69, 9.17) is 9.15 Å². The smallest absolute Gasteiger partial charge is 0.296 e. The number of benzene rings is 2. The van der Waals surface area contributed by atoms with Crippen molar-refractivity contribution < 1.29 is 13.9 Å². The van der Waals surface area contributed by atoms with Gasteiger partial charge >= 0.3 is 0 Å². The molecule has 3 heterocycles. The Morgan fingerprint density at radius 3 is 2.66 bits per heavy atom. The lowest BCUT2D eigenvalue weighted by atomic mass is 9.98. The zero-order chi connectivity index (χ0) is 22.2. The summed E-state index contributed by atoms with van der Waals surface area (Å²) in [5, 5.41) is 0.439. The first-order chi connectivity index (χ1) is 15.6. The molecule has 0 saturated heterocycles. The number of rotatable bonds is 5. The van der Waals surface area contributed by atoms with E-state index >= 15 is 0 Å². The second kappa shape index (κ2) is 7.81. The van der Waals surface area contributed by atoms with Gasteiger partial charge in [-0.1, -0.05) is 36.9 Å². The molecule has 2 aromatic carbocycles. The van der Waals surface area contributed by atoms with Gasteiger partial charge in [0.25, 0.3) is 5.91 Å². The van der Waals surface area contributed by atoms with Crippen molar-refractivity contribution in [2.45, 2.75) is 13.0 Å². The summed E-state index contributed by atoms with van der Waals surface area (Å²) in [6, 6.07) is 17.3. The first kappa shape index (κ1) is 19.8. The van der Waals surface area contributed by atoms with Crippen molar-refractivity contribution in [2.24, 2.45) is 0 Å². The number of hydrogen-bond acceptors (Lipinski definition) is 5. The fourth-order valence-corrected chi connectivity index (χ4v) is 4.02. The molecule has 5 rings (SSSR count). The van der Waals surface area contributed by atoms with Crippen LogP contribution in [0.2, 0.25) is 0 Å². The molecule has 1 atom stereocenters. The quantitative estimate of drug-likeness (QED) is 0.430. The third-order valence-corrected chi connectivity index (χ3v) is 5.49. The van der Waals surface area contributed by atoms with Crippen molar-refractivity contribution in [3.8, 4) is 5.75 Å². The van der Waals surface area contributed by atoms with Gasteiger partial charge in [0.1, 0.15) is 23.8 Å². The van der Waals surface area contributed by atoms with E-state index in [1.165, 1.54) is 4.90 Å². The fraction of sp³-hybridized carbons (Fsp3) is 0.115. The number of carbonyl (C=O) groups excluding carboxylic acids is 1. The summed E-state index contributed by atoms with van der Waals surface area (Å²) in [4.78, 5) is 33.0. The average molecular weight is 424 g/mol. The molecular formula is C26H20N2O4. The van der Waals surface area contributed by atoms with Gasteiger partial charge in [0, 0.05) is 6.20 Å². The summed E-state index contributed by atoms with van der Waals surface area (Å²) >= 11 is 0. The van der Waals surface area contributed by atoms with Crippen LogP contribution in [0.3, 0.4) is 0 Å². The van der Waals surface area contributed by atoms with Gasteiger partial charge < -0.3 is 9.15 Å². The molecule has 0 aliphatic carbocycles. The molecule has 1 amide bonds. The number of hydrogen-bond donors (Lipinski definition) is 0. The van der Waals surface area contributed by atoms with Crippen LogP contribution in [-0.2, 0) is 0 Å². The minimum absolute atomic E-state index is 0.0500. The van der Waals surface area contributed by atoms with Gasteiger partial charge in [-0.2, -0.15) is 0 Å². The largest absolute Gasteiger partial charge is 0.490 e. The van der Waals surface area contributed by atoms with Crippen LogP contribution in [0.4, 0.5) is 5.82 Å². The van der Waals surface area contributed by atoms with Crippen LogP contribution >= 0.6 is 0 Å². The normalized spacial score (nSPS) is 15.1. The Morgan fingerprint density at radius 2 is 1.91 bits per heavy atom. The number of anilines is 1. The Kier molecular flexibility index (Phi) is 4.82. The zero-order valence-corrected chi connectivity index (χ0v) is 17.4. The van der Waals surface area contributed by atoms with Crippen LogP contribution in [-0.4, -0.2) is 17.5 Å². The molecule has 0 N–H and O–H groups in total. The number of aromatic nitrogens is 1. The molecule has 0 spiro atoms. The topological polar surface area (TPSA) is 72.6 Å². The van der Waals surface area contributed by atoms with Crippen LogP contribution in [0.15, 0.2) is 88.7 Å². The highest BCUT2D eigenvalue weighted by molar-refractivity contribution is 6.10. The van der Waals surface area contributed by atoms with E-state index in [9.17, 15) is 9.59 Å². The van der Waals surface area contributed by atoms with Gasteiger partial charge in [0.05, 0.1) is 17.0 Å². The van der Waals surface area contributed by atoms with E-state index < -0.39 is 11.9 Å². The second-order valence-corrected chi connectivity index (χ2v) is 7.61. The Bertz CT molecular complexity index is 1410. The van der Waals surface area contributed by atoms with Crippen molar-refractivity contribution in [1.29, 1.82) is 0 Å². The molecule has 0 saturated carbocycles. The number of carbonyl (C=O) groups is 1. The van der Waals surface area contributed by atoms with Crippen molar-refractivity contribution in [1.82, 2.24) is 4.98 Å².